The van der Waals surface area contributed by atoms with Gasteiger partial charge in [-0.15, -0.1) is 0 Å². The molecule has 142 valence electrons. The van der Waals surface area contributed by atoms with E-state index in [0.29, 0.717) is 26.4 Å². The minimum Gasteiger partial charge on any atom is -0.493 e. The molecule has 0 saturated heterocycles. The monoisotopic (exact) mass is 367 g/mol. The molecule has 0 N–H and O–H groups in total. The van der Waals surface area contributed by atoms with Crippen molar-refractivity contribution in [2.24, 2.45) is 0 Å². The minimum absolute atomic E-state index is 0.101. The lowest BCUT2D eigenvalue weighted by atomic mass is 9.77. The molecule has 0 saturated carbocycles. The first-order valence-electron chi connectivity index (χ1n) is 9.66. The van der Waals surface area contributed by atoms with Gasteiger partial charge in [-0.1, -0.05) is 18.2 Å². The van der Waals surface area contributed by atoms with Crippen LogP contribution in [0.15, 0.2) is 36.4 Å². The lowest BCUT2D eigenvalue weighted by Crippen LogP contribution is -2.37. The first-order chi connectivity index (χ1) is 13.3. The topological polar surface area (TPSA) is 40.2 Å². The highest BCUT2D eigenvalue weighted by atomic mass is 16.5. The zero-order valence-electron chi connectivity index (χ0n) is 15.7. The quantitative estimate of drug-likeness (QED) is 0.735. The first-order valence-corrected chi connectivity index (χ1v) is 9.66. The predicted octanol–water partition coefficient (Wildman–Crippen LogP) is 2.78. The van der Waals surface area contributed by atoms with Crippen LogP contribution in [0, 0.1) is 0 Å². The molecule has 27 heavy (non-hydrogen) atoms. The summed E-state index contributed by atoms with van der Waals surface area (Å²) in [5.74, 6) is 1.96. The van der Waals surface area contributed by atoms with Gasteiger partial charge in [-0.3, -0.25) is 0 Å². The molecule has 2 aromatic rings. The number of para-hydroxylation sites is 1. The molecule has 0 aromatic heterocycles. The smallest absolute Gasteiger partial charge is 0.127 e. The summed E-state index contributed by atoms with van der Waals surface area (Å²) in [4.78, 5) is 2.43. The predicted molar refractivity (Wildman–Crippen MR) is 103 cm³/mol. The van der Waals surface area contributed by atoms with Crippen LogP contribution in [0.2, 0.25) is 0 Å². The van der Waals surface area contributed by atoms with Crippen LogP contribution in [0.25, 0.3) is 0 Å². The van der Waals surface area contributed by atoms with Gasteiger partial charge in [0, 0.05) is 43.9 Å². The van der Waals surface area contributed by atoms with E-state index in [2.05, 4.69) is 41.3 Å². The van der Waals surface area contributed by atoms with Crippen LogP contribution in [0.1, 0.15) is 16.7 Å². The fourth-order valence-electron chi connectivity index (χ4n) is 4.60. The lowest BCUT2D eigenvalue weighted by molar-refractivity contribution is 0.0740. The minimum atomic E-state index is -0.101. The number of nitrogens with zero attached hydrogens (tertiary/aromatic N) is 1. The van der Waals surface area contributed by atoms with Gasteiger partial charge in [0.05, 0.1) is 31.8 Å². The van der Waals surface area contributed by atoms with Crippen molar-refractivity contribution in [3.8, 4) is 11.5 Å². The summed E-state index contributed by atoms with van der Waals surface area (Å²) in [5.41, 5.74) is 5.16. The highest BCUT2D eigenvalue weighted by molar-refractivity contribution is 5.70. The maximum absolute atomic E-state index is 6.17. The molecule has 0 amide bonds. The highest BCUT2D eigenvalue weighted by Crippen LogP contribution is 2.53. The number of ether oxygens (including phenoxy) is 4. The number of benzene rings is 2. The van der Waals surface area contributed by atoms with Gasteiger partial charge in [-0.25, -0.2) is 0 Å². The van der Waals surface area contributed by atoms with Gasteiger partial charge in [0.25, 0.3) is 0 Å². The summed E-state index contributed by atoms with van der Waals surface area (Å²) in [6.07, 6.45) is 0.984. The van der Waals surface area contributed by atoms with Crippen LogP contribution in [-0.2, 0) is 21.3 Å². The molecule has 5 heteroatoms. The Balaban J connectivity index is 1.45. The Morgan fingerprint density at radius 3 is 2.89 bits per heavy atom. The van der Waals surface area contributed by atoms with Crippen molar-refractivity contribution < 1.29 is 18.9 Å². The van der Waals surface area contributed by atoms with Gasteiger partial charge in [0.1, 0.15) is 18.1 Å². The molecule has 5 nitrogen and oxygen atoms in total. The average Bonchev–Trinajstić information content (AvgIpc) is 3.38. The maximum atomic E-state index is 6.17. The third-order valence-electron chi connectivity index (χ3n) is 5.94. The molecular formula is C22H25NO4. The highest BCUT2D eigenvalue weighted by Gasteiger charge is 2.50. The van der Waals surface area contributed by atoms with Crippen LogP contribution in [-0.4, -0.2) is 53.2 Å². The molecule has 5 rings (SSSR count). The first kappa shape index (κ1) is 16.9. The van der Waals surface area contributed by atoms with E-state index in [1.165, 1.54) is 22.4 Å². The van der Waals surface area contributed by atoms with Gasteiger partial charge in [-0.05, 0) is 23.3 Å². The van der Waals surface area contributed by atoms with Crippen LogP contribution < -0.4 is 14.4 Å². The Morgan fingerprint density at radius 2 is 1.96 bits per heavy atom. The lowest BCUT2D eigenvalue weighted by Gasteiger charge is -2.25. The second-order valence-corrected chi connectivity index (χ2v) is 7.47. The maximum Gasteiger partial charge on any atom is 0.127 e. The molecule has 0 aliphatic carbocycles. The Kier molecular flexibility index (Phi) is 4.21. The number of rotatable bonds is 6. The van der Waals surface area contributed by atoms with Crippen LogP contribution in [0.5, 0.6) is 11.5 Å². The molecule has 1 atom stereocenters. The summed E-state index contributed by atoms with van der Waals surface area (Å²) in [6.45, 7) is 5.21. The van der Waals surface area contributed by atoms with Gasteiger partial charge in [0.2, 0.25) is 0 Å². The molecule has 2 aromatic carbocycles. The van der Waals surface area contributed by atoms with Crippen LogP contribution >= 0.6 is 0 Å². The Morgan fingerprint density at radius 1 is 1.04 bits per heavy atom. The van der Waals surface area contributed by atoms with Crippen molar-refractivity contribution in [1.82, 2.24) is 0 Å². The standard InChI is InChI=1S/C22H25NO4/c1-24-10-11-25-9-7-23-14-22(17-4-2-3-5-19(17)23)15-27-21-13-20-16(6-8-26-20)12-18(21)22/h2-5,12-13H,6-11,14-15H2,1H3. The van der Waals surface area contributed by atoms with Gasteiger partial charge >= 0.3 is 0 Å². The van der Waals surface area contributed by atoms with Gasteiger partial charge in [-0.2, -0.15) is 0 Å². The summed E-state index contributed by atoms with van der Waals surface area (Å²) < 4.78 is 22.7. The second kappa shape index (κ2) is 6.73. The van der Waals surface area contributed by atoms with E-state index < -0.39 is 0 Å². The van der Waals surface area contributed by atoms with Crippen LogP contribution in [0.3, 0.4) is 0 Å². The van der Waals surface area contributed by atoms with Crippen molar-refractivity contribution >= 4 is 5.69 Å². The van der Waals surface area contributed by atoms with Crippen molar-refractivity contribution in [3.63, 3.8) is 0 Å². The normalized spacial score (nSPS) is 21.7. The number of hydrogen-bond acceptors (Lipinski definition) is 5. The van der Waals surface area contributed by atoms with E-state index in [-0.39, 0.29) is 5.41 Å². The van der Waals surface area contributed by atoms with Crippen molar-refractivity contribution in [2.45, 2.75) is 11.8 Å². The largest absolute Gasteiger partial charge is 0.493 e. The number of hydrogen-bond donors (Lipinski definition) is 0. The zero-order valence-corrected chi connectivity index (χ0v) is 15.7. The van der Waals surface area contributed by atoms with E-state index in [1.54, 1.807) is 7.11 Å². The number of anilines is 1. The van der Waals surface area contributed by atoms with E-state index >= 15 is 0 Å². The van der Waals surface area contributed by atoms with E-state index in [4.69, 9.17) is 18.9 Å². The van der Waals surface area contributed by atoms with E-state index in [9.17, 15) is 0 Å². The number of methoxy groups -OCH3 is 1. The molecule has 1 spiro atoms. The van der Waals surface area contributed by atoms with Gasteiger partial charge < -0.3 is 23.8 Å². The molecule has 3 heterocycles. The summed E-state index contributed by atoms with van der Waals surface area (Å²) in [5, 5.41) is 0. The molecule has 0 fully saturated rings. The third kappa shape index (κ3) is 2.68. The molecule has 3 aliphatic rings. The average molecular weight is 367 g/mol. The third-order valence-corrected chi connectivity index (χ3v) is 5.94. The van der Waals surface area contributed by atoms with Gasteiger partial charge in [0.15, 0.2) is 0 Å². The Bertz CT molecular complexity index is 852. The van der Waals surface area contributed by atoms with Crippen molar-refractivity contribution in [3.05, 3.63) is 53.1 Å². The Labute approximate surface area is 159 Å². The number of fused-ring (bicyclic) bond motifs is 5. The summed E-state index contributed by atoms with van der Waals surface area (Å²) in [6, 6.07) is 13.1. The van der Waals surface area contributed by atoms with E-state index in [1.807, 2.05) is 0 Å². The second-order valence-electron chi connectivity index (χ2n) is 7.47. The fraction of sp³-hybridized carbons (Fsp3) is 0.455. The van der Waals surface area contributed by atoms with E-state index in [0.717, 1.165) is 37.6 Å². The summed E-state index contributed by atoms with van der Waals surface area (Å²) >= 11 is 0. The molecule has 0 radical (unpaired) electrons. The molecule has 0 bridgehead atoms. The van der Waals surface area contributed by atoms with Crippen molar-refractivity contribution in [2.75, 3.05) is 58.1 Å². The zero-order chi connectivity index (χ0) is 18.3. The SMILES string of the molecule is COCCOCCN1CC2(COc3cc4c(cc32)CCO4)c2ccccc21. The Hall–Kier alpha value is -2.24. The van der Waals surface area contributed by atoms with Crippen LogP contribution in [0.4, 0.5) is 5.69 Å². The molecule has 3 aliphatic heterocycles. The molecule has 1 unspecified atom stereocenters. The van der Waals surface area contributed by atoms with Crippen molar-refractivity contribution in [1.29, 1.82) is 0 Å². The summed E-state index contributed by atoms with van der Waals surface area (Å²) in [7, 11) is 1.70. The molecular weight excluding hydrogens is 342 g/mol. The fourth-order valence-corrected chi connectivity index (χ4v) is 4.60.